The van der Waals surface area contributed by atoms with Crippen molar-refractivity contribution in [2.45, 2.75) is 13.0 Å². The van der Waals surface area contributed by atoms with Crippen LogP contribution in [0.1, 0.15) is 11.1 Å². The van der Waals surface area contributed by atoms with Gasteiger partial charge in [0, 0.05) is 24.2 Å². The lowest BCUT2D eigenvalue weighted by Gasteiger charge is -2.07. The maximum absolute atomic E-state index is 13.1. The number of hydrogen-bond acceptors (Lipinski definition) is 2. The Morgan fingerprint density at radius 3 is 2.61 bits per heavy atom. The summed E-state index contributed by atoms with van der Waals surface area (Å²) in [5.41, 5.74) is 8.13. The molecule has 5 heteroatoms. The number of ether oxygens (including phenoxy) is 1. The Hall–Kier alpha value is -2.82. The molecule has 118 valence electrons. The third kappa shape index (κ3) is 3.18. The number of nitrogens with two attached hydrogens (primary N) is 1. The molecule has 4 nitrogen and oxygen atoms in total. The summed E-state index contributed by atoms with van der Waals surface area (Å²) in [7, 11) is 1.61. The first-order chi connectivity index (χ1) is 11.1. The highest BCUT2D eigenvalue weighted by atomic mass is 19.1. The molecule has 23 heavy (non-hydrogen) atoms. The van der Waals surface area contributed by atoms with Crippen LogP contribution in [0.5, 0.6) is 5.75 Å². The molecule has 3 aromatic rings. The fourth-order valence-corrected chi connectivity index (χ4v) is 2.72. The number of carbonyl (C=O) groups excluding carboxylic acids is 1. The number of methoxy groups -OCH3 is 1. The minimum absolute atomic E-state index is 0.180. The van der Waals surface area contributed by atoms with E-state index in [0.29, 0.717) is 6.54 Å². The van der Waals surface area contributed by atoms with Crippen LogP contribution in [0.15, 0.2) is 48.7 Å². The number of fused-ring (bicyclic) bond motifs is 1. The molecule has 0 atom stereocenters. The van der Waals surface area contributed by atoms with Gasteiger partial charge in [0.2, 0.25) is 5.91 Å². The third-order valence-electron chi connectivity index (χ3n) is 3.80. The van der Waals surface area contributed by atoms with Crippen molar-refractivity contribution in [2.24, 2.45) is 5.73 Å². The average molecular weight is 312 g/mol. The van der Waals surface area contributed by atoms with Gasteiger partial charge in [-0.1, -0.05) is 12.1 Å². The van der Waals surface area contributed by atoms with Gasteiger partial charge in [-0.25, -0.2) is 4.39 Å². The predicted molar refractivity (Wildman–Crippen MR) is 86.9 cm³/mol. The molecule has 0 bridgehead atoms. The SMILES string of the molecule is COc1ccc2c(CC(N)=O)cn(Cc3ccc(F)cc3)c2c1. The molecule has 0 spiro atoms. The number of carbonyl (C=O) groups is 1. The van der Waals surface area contributed by atoms with E-state index < -0.39 is 0 Å². The van der Waals surface area contributed by atoms with Gasteiger partial charge in [0.1, 0.15) is 11.6 Å². The van der Waals surface area contributed by atoms with Crippen LogP contribution in [-0.2, 0) is 17.8 Å². The van der Waals surface area contributed by atoms with Crippen LogP contribution in [-0.4, -0.2) is 17.6 Å². The molecule has 1 heterocycles. The van der Waals surface area contributed by atoms with E-state index in [1.165, 1.54) is 12.1 Å². The van der Waals surface area contributed by atoms with Crippen LogP contribution in [0.2, 0.25) is 0 Å². The Balaban J connectivity index is 2.06. The molecule has 1 amide bonds. The van der Waals surface area contributed by atoms with Crippen molar-refractivity contribution in [3.8, 4) is 5.75 Å². The van der Waals surface area contributed by atoms with Gasteiger partial charge in [-0.05, 0) is 35.4 Å². The fourth-order valence-electron chi connectivity index (χ4n) is 2.72. The molecule has 0 radical (unpaired) electrons. The zero-order valence-corrected chi connectivity index (χ0v) is 12.8. The molecule has 2 N–H and O–H groups in total. The van der Waals surface area contributed by atoms with Gasteiger partial charge < -0.3 is 15.0 Å². The Morgan fingerprint density at radius 2 is 1.96 bits per heavy atom. The number of aromatic nitrogens is 1. The number of nitrogens with zero attached hydrogens (tertiary/aromatic N) is 1. The average Bonchev–Trinajstić information content (AvgIpc) is 2.86. The zero-order valence-electron chi connectivity index (χ0n) is 12.8. The van der Waals surface area contributed by atoms with E-state index >= 15 is 0 Å². The summed E-state index contributed by atoms with van der Waals surface area (Å²) in [5, 5.41) is 0.965. The van der Waals surface area contributed by atoms with E-state index in [0.717, 1.165) is 27.8 Å². The summed E-state index contributed by atoms with van der Waals surface area (Å²) in [5.74, 6) is 0.102. The fraction of sp³-hybridized carbons (Fsp3) is 0.167. The summed E-state index contributed by atoms with van der Waals surface area (Å²) in [6.45, 7) is 0.572. The molecular weight excluding hydrogens is 295 g/mol. The maximum atomic E-state index is 13.1. The first-order valence-electron chi connectivity index (χ1n) is 7.25. The van der Waals surface area contributed by atoms with Gasteiger partial charge >= 0.3 is 0 Å². The second-order valence-electron chi connectivity index (χ2n) is 5.43. The highest BCUT2D eigenvalue weighted by Crippen LogP contribution is 2.27. The molecule has 0 unspecified atom stereocenters. The molecule has 3 rings (SSSR count). The molecular formula is C18H17FN2O2. The Labute approximate surface area is 133 Å². The smallest absolute Gasteiger partial charge is 0.221 e. The van der Waals surface area contributed by atoms with Crippen LogP contribution < -0.4 is 10.5 Å². The molecule has 2 aromatic carbocycles. The molecule has 0 fully saturated rings. The Morgan fingerprint density at radius 1 is 1.22 bits per heavy atom. The van der Waals surface area contributed by atoms with Gasteiger partial charge in [0.05, 0.1) is 19.0 Å². The molecule has 0 aliphatic rings. The van der Waals surface area contributed by atoms with Gasteiger partial charge in [-0.3, -0.25) is 4.79 Å². The van der Waals surface area contributed by atoms with E-state index in [4.69, 9.17) is 10.5 Å². The first kappa shape index (κ1) is 15.1. The number of primary amides is 1. The van der Waals surface area contributed by atoms with E-state index in [1.807, 2.05) is 29.0 Å². The Bertz CT molecular complexity index is 853. The molecule has 0 saturated heterocycles. The molecule has 1 aromatic heterocycles. The topological polar surface area (TPSA) is 57.2 Å². The largest absolute Gasteiger partial charge is 0.497 e. The van der Waals surface area contributed by atoms with E-state index in [9.17, 15) is 9.18 Å². The number of hydrogen-bond donors (Lipinski definition) is 1. The van der Waals surface area contributed by atoms with Crippen molar-refractivity contribution in [3.63, 3.8) is 0 Å². The number of rotatable bonds is 5. The molecule has 0 aliphatic heterocycles. The van der Waals surface area contributed by atoms with Crippen molar-refractivity contribution < 1.29 is 13.9 Å². The summed E-state index contributed by atoms with van der Waals surface area (Å²) >= 11 is 0. The monoisotopic (exact) mass is 312 g/mol. The van der Waals surface area contributed by atoms with E-state index in [1.54, 1.807) is 19.2 Å². The van der Waals surface area contributed by atoms with Gasteiger partial charge in [-0.15, -0.1) is 0 Å². The number of benzene rings is 2. The van der Waals surface area contributed by atoms with Crippen LogP contribution in [0.4, 0.5) is 4.39 Å². The number of halogens is 1. The summed E-state index contributed by atoms with van der Waals surface area (Å²) in [6, 6.07) is 12.1. The van der Waals surface area contributed by atoms with E-state index in [-0.39, 0.29) is 18.1 Å². The lowest BCUT2D eigenvalue weighted by Crippen LogP contribution is -2.13. The second-order valence-corrected chi connectivity index (χ2v) is 5.43. The van der Waals surface area contributed by atoms with Crippen LogP contribution >= 0.6 is 0 Å². The van der Waals surface area contributed by atoms with Crippen LogP contribution in [0, 0.1) is 5.82 Å². The molecule has 0 aliphatic carbocycles. The second kappa shape index (κ2) is 6.12. The normalized spacial score (nSPS) is 10.9. The lowest BCUT2D eigenvalue weighted by molar-refractivity contribution is -0.117. The highest BCUT2D eigenvalue weighted by molar-refractivity contribution is 5.89. The van der Waals surface area contributed by atoms with Crippen molar-refractivity contribution in [1.29, 1.82) is 0 Å². The first-order valence-corrected chi connectivity index (χ1v) is 7.25. The number of amides is 1. The van der Waals surface area contributed by atoms with Gasteiger partial charge in [-0.2, -0.15) is 0 Å². The van der Waals surface area contributed by atoms with Crippen LogP contribution in [0.3, 0.4) is 0 Å². The quantitative estimate of drug-likeness (QED) is 0.787. The van der Waals surface area contributed by atoms with Gasteiger partial charge in [0.25, 0.3) is 0 Å². The van der Waals surface area contributed by atoms with Crippen molar-refractivity contribution in [2.75, 3.05) is 7.11 Å². The van der Waals surface area contributed by atoms with Crippen molar-refractivity contribution in [3.05, 3.63) is 65.6 Å². The van der Waals surface area contributed by atoms with Gasteiger partial charge in [0.15, 0.2) is 0 Å². The minimum Gasteiger partial charge on any atom is -0.497 e. The van der Waals surface area contributed by atoms with Crippen molar-refractivity contribution >= 4 is 16.8 Å². The zero-order chi connectivity index (χ0) is 16.4. The summed E-state index contributed by atoms with van der Waals surface area (Å²) in [6.07, 6.45) is 2.09. The Kier molecular flexibility index (Phi) is 4.02. The lowest BCUT2D eigenvalue weighted by atomic mass is 10.1. The predicted octanol–water partition coefficient (Wildman–Crippen LogP) is 2.87. The third-order valence-corrected chi connectivity index (χ3v) is 3.80. The minimum atomic E-state index is -0.373. The van der Waals surface area contributed by atoms with Crippen LogP contribution in [0.25, 0.3) is 10.9 Å². The highest BCUT2D eigenvalue weighted by Gasteiger charge is 2.12. The summed E-state index contributed by atoms with van der Waals surface area (Å²) in [4.78, 5) is 11.3. The maximum Gasteiger partial charge on any atom is 0.221 e. The van der Waals surface area contributed by atoms with E-state index in [2.05, 4.69) is 0 Å². The summed E-state index contributed by atoms with van der Waals surface area (Å²) < 4.78 is 20.3. The van der Waals surface area contributed by atoms with Crippen molar-refractivity contribution in [1.82, 2.24) is 4.57 Å². The standard InChI is InChI=1S/C18H17FN2O2/c1-23-15-6-7-16-13(8-18(20)22)11-21(17(16)9-15)10-12-2-4-14(19)5-3-12/h2-7,9,11H,8,10H2,1H3,(H2,20,22). The molecule has 0 saturated carbocycles.